The summed E-state index contributed by atoms with van der Waals surface area (Å²) in [5.41, 5.74) is -0.589. The van der Waals surface area contributed by atoms with Gasteiger partial charge in [-0.1, -0.05) is 0 Å². The van der Waals surface area contributed by atoms with Gasteiger partial charge in [-0.15, -0.1) is 0 Å². The van der Waals surface area contributed by atoms with Gasteiger partial charge in [0, 0.05) is 3.57 Å². The van der Waals surface area contributed by atoms with Gasteiger partial charge in [0.2, 0.25) is 0 Å². The minimum Gasteiger partial charge on any atom is -0.478 e. The molecule has 1 aromatic rings. The van der Waals surface area contributed by atoms with E-state index in [1.807, 2.05) is 22.6 Å². The highest BCUT2D eigenvalue weighted by Crippen LogP contribution is 2.21. The zero-order valence-corrected chi connectivity index (χ0v) is 11.5. The molecule has 0 aliphatic heterocycles. The largest absolute Gasteiger partial charge is 0.478 e. The fourth-order valence-electron chi connectivity index (χ4n) is 1.22. The van der Waals surface area contributed by atoms with Crippen molar-refractivity contribution in [3.63, 3.8) is 0 Å². The lowest BCUT2D eigenvalue weighted by Crippen LogP contribution is -2.07. The smallest absolute Gasteiger partial charge is 0.337 e. The Kier molecular flexibility index (Phi) is 4.87. The molecule has 0 amide bonds. The van der Waals surface area contributed by atoms with Crippen molar-refractivity contribution in [1.82, 2.24) is 0 Å². The molecule has 0 aromatic heterocycles. The molecule has 7 heteroatoms. The van der Waals surface area contributed by atoms with Crippen molar-refractivity contribution in [1.29, 1.82) is 15.8 Å². The summed E-state index contributed by atoms with van der Waals surface area (Å²) in [5.74, 6) is -1.17. The summed E-state index contributed by atoms with van der Waals surface area (Å²) in [7, 11) is 0. The first-order chi connectivity index (χ1) is 9.03. The van der Waals surface area contributed by atoms with Gasteiger partial charge in [0.05, 0.1) is 11.3 Å². The van der Waals surface area contributed by atoms with Crippen LogP contribution in [0.1, 0.15) is 10.4 Å². The Bertz CT molecular complexity index is 673. The molecule has 0 aliphatic rings. The Labute approximate surface area is 122 Å². The van der Waals surface area contributed by atoms with Crippen molar-refractivity contribution in [3.05, 3.63) is 38.6 Å². The average Bonchev–Trinajstić information content (AvgIpc) is 2.40. The minimum atomic E-state index is -1.17. The van der Waals surface area contributed by atoms with E-state index in [9.17, 15) is 4.79 Å². The number of carboxylic acid groups (broad SMARTS) is 1. The molecule has 0 aliphatic carbocycles. The number of hydrogen-bond donors (Lipinski definition) is 2. The van der Waals surface area contributed by atoms with Crippen LogP contribution in [0.15, 0.2) is 29.5 Å². The number of rotatable bonds is 3. The van der Waals surface area contributed by atoms with E-state index in [2.05, 4.69) is 5.32 Å². The van der Waals surface area contributed by atoms with Crippen molar-refractivity contribution >= 4 is 34.2 Å². The van der Waals surface area contributed by atoms with Crippen molar-refractivity contribution in [2.75, 3.05) is 5.32 Å². The molecule has 0 radical (unpaired) electrons. The average molecular weight is 364 g/mol. The SMILES string of the molecule is N#CC(C#N)=C(C#N)Nc1ccc(I)cc1C(=O)O. The lowest BCUT2D eigenvalue weighted by Gasteiger charge is -2.08. The summed E-state index contributed by atoms with van der Waals surface area (Å²) < 4.78 is 0.712. The second kappa shape index (κ2) is 6.39. The number of aromatic carboxylic acids is 1. The zero-order valence-electron chi connectivity index (χ0n) is 9.31. The second-order valence-electron chi connectivity index (χ2n) is 3.21. The summed E-state index contributed by atoms with van der Waals surface area (Å²) >= 11 is 1.95. The van der Waals surface area contributed by atoms with E-state index in [0.29, 0.717) is 3.57 Å². The molecule has 0 spiro atoms. The highest BCUT2D eigenvalue weighted by atomic mass is 127. The van der Waals surface area contributed by atoms with Crippen molar-refractivity contribution in [2.45, 2.75) is 0 Å². The quantitative estimate of drug-likeness (QED) is 0.627. The predicted molar refractivity (Wildman–Crippen MR) is 73.6 cm³/mol. The first-order valence-electron chi connectivity index (χ1n) is 4.78. The molecule has 0 saturated heterocycles. The highest BCUT2D eigenvalue weighted by Gasteiger charge is 2.13. The molecule has 0 unspecified atom stereocenters. The zero-order chi connectivity index (χ0) is 14.4. The number of carbonyl (C=O) groups is 1. The summed E-state index contributed by atoms with van der Waals surface area (Å²) in [4.78, 5) is 11.1. The van der Waals surface area contributed by atoms with Gasteiger partial charge in [-0.3, -0.25) is 0 Å². The molecule has 6 nitrogen and oxygen atoms in total. The maximum absolute atomic E-state index is 11.1. The van der Waals surface area contributed by atoms with Gasteiger partial charge >= 0.3 is 5.97 Å². The molecule has 1 rings (SSSR count). The van der Waals surface area contributed by atoms with Crippen LogP contribution in [0.4, 0.5) is 5.69 Å². The molecule has 19 heavy (non-hydrogen) atoms. The van der Waals surface area contributed by atoms with E-state index in [-0.39, 0.29) is 16.9 Å². The third kappa shape index (κ3) is 3.44. The van der Waals surface area contributed by atoms with E-state index >= 15 is 0 Å². The number of allylic oxidation sites excluding steroid dienone is 2. The number of anilines is 1. The Hall–Kier alpha value is -2.57. The van der Waals surface area contributed by atoms with E-state index in [1.54, 1.807) is 24.3 Å². The van der Waals surface area contributed by atoms with E-state index in [1.165, 1.54) is 12.1 Å². The van der Waals surface area contributed by atoms with Crippen molar-refractivity contribution in [2.24, 2.45) is 0 Å². The minimum absolute atomic E-state index is 0.0464. The number of nitriles is 3. The van der Waals surface area contributed by atoms with Gasteiger partial charge in [0.1, 0.15) is 23.9 Å². The maximum atomic E-state index is 11.1. The van der Waals surface area contributed by atoms with Crippen LogP contribution in [-0.4, -0.2) is 11.1 Å². The molecule has 0 saturated carbocycles. The second-order valence-corrected chi connectivity index (χ2v) is 4.45. The van der Waals surface area contributed by atoms with Gasteiger partial charge in [0.25, 0.3) is 0 Å². The Morgan fingerprint density at radius 2 is 1.84 bits per heavy atom. The standard InChI is InChI=1S/C12H5IN4O2/c13-8-1-2-10(9(3-8)12(18)19)17-11(6-16)7(4-14)5-15/h1-3,17H,(H,18,19). The fraction of sp³-hybridized carbons (Fsp3) is 0. The van der Waals surface area contributed by atoms with Gasteiger partial charge in [-0.05, 0) is 40.8 Å². The number of hydrogen-bond acceptors (Lipinski definition) is 5. The van der Waals surface area contributed by atoms with Gasteiger partial charge < -0.3 is 10.4 Å². The molecular formula is C12H5IN4O2. The third-order valence-electron chi connectivity index (χ3n) is 2.06. The van der Waals surface area contributed by atoms with Crippen LogP contribution in [-0.2, 0) is 0 Å². The van der Waals surface area contributed by atoms with Gasteiger partial charge in [-0.2, -0.15) is 15.8 Å². The Balaban J connectivity index is 3.32. The molecule has 1 aromatic carbocycles. The van der Waals surface area contributed by atoms with Crippen LogP contribution in [0.25, 0.3) is 0 Å². The van der Waals surface area contributed by atoms with Gasteiger partial charge in [-0.25, -0.2) is 4.79 Å². The van der Waals surface area contributed by atoms with E-state index < -0.39 is 11.5 Å². The topological polar surface area (TPSA) is 121 Å². The predicted octanol–water partition coefficient (Wildman–Crippen LogP) is 2.23. The van der Waals surface area contributed by atoms with Crippen LogP contribution in [0.3, 0.4) is 0 Å². The molecule has 0 bridgehead atoms. The number of carboxylic acids is 1. The van der Waals surface area contributed by atoms with Crippen LogP contribution >= 0.6 is 22.6 Å². The molecule has 2 N–H and O–H groups in total. The monoisotopic (exact) mass is 364 g/mol. The first kappa shape index (κ1) is 14.5. The number of nitrogens with zero attached hydrogens (tertiary/aromatic N) is 3. The molecule has 0 heterocycles. The fourth-order valence-corrected chi connectivity index (χ4v) is 1.71. The third-order valence-corrected chi connectivity index (χ3v) is 2.73. The summed E-state index contributed by atoms with van der Waals surface area (Å²) in [6.45, 7) is 0. The van der Waals surface area contributed by atoms with Crippen molar-refractivity contribution < 1.29 is 9.90 Å². The van der Waals surface area contributed by atoms with E-state index in [0.717, 1.165) is 0 Å². The van der Waals surface area contributed by atoms with Crippen LogP contribution in [0.5, 0.6) is 0 Å². The summed E-state index contributed by atoms with van der Waals surface area (Å²) in [6, 6.07) is 9.32. The van der Waals surface area contributed by atoms with Crippen LogP contribution in [0.2, 0.25) is 0 Å². The summed E-state index contributed by atoms with van der Waals surface area (Å²) in [5, 5.41) is 37.8. The first-order valence-corrected chi connectivity index (χ1v) is 5.85. The molecule has 92 valence electrons. The highest BCUT2D eigenvalue weighted by molar-refractivity contribution is 14.1. The Morgan fingerprint density at radius 3 is 2.32 bits per heavy atom. The lowest BCUT2D eigenvalue weighted by molar-refractivity contribution is 0.0698. The Morgan fingerprint density at radius 1 is 1.21 bits per heavy atom. The normalized spacial score (nSPS) is 8.53. The van der Waals surface area contributed by atoms with Crippen molar-refractivity contribution in [3.8, 4) is 18.2 Å². The number of halogens is 1. The van der Waals surface area contributed by atoms with Gasteiger partial charge in [0.15, 0.2) is 5.57 Å². The number of nitrogens with one attached hydrogen (secondary N) is 1. The van der Waals surface area contributed by atoms with Crippen LogP contribution in [0, 0.1) is 37.6 Å². The summed E-state index contributed by atoms with van der Waals surface area (Å²) in [6.07, 6.45) is 0. The number of benzene rings is 1. The van der Waals surface area contributed by atoms with Crippen LogP contribution < -0.4 is 5.32 Å². The van der Waals surface area contributed by atoms with E-state index in [4.69, 9.17) is 20.9 Å². The molecule has 0 atom stereocenters. The molecule has 0 fully saturated rings. The molecular weight excluding hydrogens is 359 g/mol. The lowest BCUT2D eigenvalue weighted by atomic mass is 10.1. The maximum Gasteiger partial charge on any atom is 0.337 e.